The summed E-state index contributed by atoms with van der Waals surface area (Å²) in [6, 6.07) is 7.03. The molecule has 1 aromatic carbocycles. The molecule has 0 N–H and O–H groups in total. The summed E-state index contributed by atoms with van der Waals surface area (Å²) in [4.78, 5) is 12.0. The fourth-order valence-electron chi connectivity index (χ4n) is 1.47. The molecule has 18 heavy (non-hydrogen) atoms. The number of aliphatic carboxylic acids is 1. The molecule has 0 atom stereocenters. The average Bonchev–Trinajstić information content (AvgIpc) is 2.75. The minimum absolute atomic E-state index is 0.170. The van der Waals surface area contributed by atoms with Crippen LogP contribution in [0.1, 0.15) is 0 Å². The molecule has 0 aliphatic heterocycles. The fraction of sp³-hybridized carbons (Fsp3) is 0.200. The lowest BCUT2D eigenvalue weighted by Crippen LogP contribution is -2.35. The van der Waals surface area contributed by atoms with Gasteiger partial charge in [0.1, 0.15) is 0 Å². The Bertz CT molecular complexity index is 554. The zero-order valence-electron chi connectivity index (χ0n) is 9.48. The molecule has 2 aromatic rings. The van der Waals surface area contributed by atoms with Crippen LogP contribution in [0.2, 0.25) is 0 Å². The molecule has 2 rings (SSSR count). The number of carbonyl (C=O) groups is 1. The maximum absolute atomic E-state index is 10.5. The van der Waals surface area contributed by atoms with Gasteiger partial charge in [0.15, 0.2) is 0 Å². The quantitative estimate of drug-likeness (QED) is 0.637. The standard InChI is InChI=1S/C10H11N5O2S/c1-14(6-9(16)17)7-2-4-8(5-3-7)15-10(18)11-12-13-15/h2-5H,6H2,1H3,(H,16,17)(H,11,13,18)/p-2. The van der Waals surface area contributed by atoms with Gasteiger partial charge in [-0.15, -0.1) is 5.10 Å². The van der Waals surface area contributed by atoms with E-state index in [0.717, 1.165) is 11.4 Å². The highest BCUT2D eigenvalue weighted by Crippen LogP contribution is 2.16. The number of nitrogens with zero attached hydrogens (tertiary/aromatic N) is 5. The van der Waals surface area contributed by atoms with Gasteiger partial charge in [0.05, 0.1) is 18.2 Å². The van der Waals surface area contributed by atoms with E-state index < -0.39 is 5.97 Å². The topological polar surface area (TPSA) is 87.0 Å². The van der Waals surface area contributed by atoms with Crippen LogP contribution in [-0.4, -0.2) is 39.8 Å². The number of benzene rings is 1. The van der Waals surface area contributed by atoms with Crippen LogP contribution in [0.25, 0.3) is 5.69 Å². The molecule has 8 heteroatoms. The number of anilines is 1. The van der Waals surface area contributed by atoms with Crippen LogP contribution < -0.4 is 10.0 Å². The van der Waals surface area contributed by atoms with Crippen molar-refractivity contribution < 1.29 is 9.90 Å². The van der Waals surface area contributed by atoms with Crippen molar-refractivity contribution in [3.05, 3.63) is 24.3 Å². The summed E-state index contributed by atoms with van der Waals surface area (Å²) in [7, 11) is 1.67. The van der Waals surface area contributed by atoms with E-state index in [2.05, 4.69) is 15.5 Å². The van der Waals surface area contributed by atoms with Crippen LogP contribution >= 0.6 is 0 Å². The maximum atomic E-state index is 10.5. The number of likely N-dealkylation sites (N-methyl/N-ethyl adjacent to an activating group) is 1. The fourth-order valence-corrected chi connectivity index (χ4v) is 1.65. The first kappa shape index (κ1) is 12.2. The Hall–Kier alpha value is -2.22. The second kappa shape index (κ2) is 4.96. The highest BCUT2D eigenvalue weighted by atomic mass is 32.1. The summed E-state index contributed by atoms with van der Waals surface area (Å²) in [5.41, 5.74) is 1.47. The zero-order valence-corrected chi connectivity index (χ0v) is 10.3. The minimum Gasteiger partial charge on any atom is -0.738 e. The minimum atomic E-state index is -1.13. The summed E-state index contributed by atoms with van der Waals surface area (Å²) < 4.78 is 1.41. The van der Waals surface area contributed by atoms with E-state index in [-0.39, 0.29) is 11.7 Å². The molecule has 1 heterocycles. The third-order valence-corrected chi connectivity index (χ3v) is 2.60. The van der Waals surface area contributed by atoms with Crippen molar-refractivity contribution in [2.75, 3.05) is 18.5 Å². The van der Waals surface area contributed by atoms with Gasteiger partial charge in [0.25, 0.3) is 0 Å². The number of carboxylic acids is 1. The second-order valence-electron chi connectivity index (χ2n) is 3.62. The van der Waals surface area contributed by atoms with E-state index in [1.54, 1.807) is 36.2 Å². The summed E-state index contributed by atoms with van der Waals surface area (Å²) in [6.07, 6.45) is 0. The van der Waals surface area contributed by atoms with E-state index in [1.165, 1.54) is 4.68 Å². The zero-order chi connectivity index (χ0) is 13.1. The third-order valence-electron chi connectivity index (χ3n) is 2.34. The molecule has 1 aromatic heterocycles. The average molecular weight is 263 g/mol. The van der Waals surface area contributed by atoms with Crippen molar-refractivity contribution in [1.29, 1.82) is 0 Å². The van der Waals surface area contributed by atoms with Crippen molar-refractivity contribution in [2.45, 2.75) is 5.16 Å². The van der Waals surface area contributed by atoms with E-state index in [9.17, 15) is 9.90 Å². The predicted molar refractivity (Wildman–Crippen MR) is 63.1 cm³/mol. The molecule has 7 nitrogen and oxygen atoms in total. The van der Waals surface area contributed by atoms with Crippen LogP contribution in [0.15, 0.2) is 29.4 Å². The van der Waals surface area contributed by atoms with Crippen LogP contribution in [0.4, 0.5) is 5.69 Å². The number of tetrazole rings is 1. The highest BCUT2D eigenvalue weighted by Gasteiger charge is 2.03. The molecule has 0 saturated heterocycles. The van der Waals surface area contributed by atoms with E-state index >= 15 is 0 Å². The molecule has 0 aliphatic rings. The lowest BCUT2D eigenvalue weighted by molar-refractivity contribution is -0.303. The van der Waals surface area contributed by atoms with Gasteiger partial charge < -0.3 is 27.4 Å². The van der Waals surface area contributed by atoms with Gasteiger partial charge in [-0.3, -0.25) is 0 Å². The Kier molecular flexibility index (Phi) is 3.38. The summed E-state index contributed by atoms with van der Waals surface area (Å²) in [6.45, 7) is -0.170. The third kappa shape index (κ3) is 2.54. The lowest BCUT2D eigenvalue weighted by Gasteiger charge is -2.20. The number of hydrogen-bond acceptors (Lipinski definition) is 7. The van der Waals surface area contributed by atoms with Crippen LogP contribution in [0.5, 0.6) is 0 Å². The van der Waals surface area contributed by atoms with Gasteiger partial charge in [-0.25, -0.2) is 4.68 Å². The Morgan fingerprint density at radius 3 is 2.61 bits per heavy atom. The van der Waals surface area contributed by atoms with Gasteiger partial charge in [-0.05, 0) is 34.7 Å². The number of carbonyl (C=O) groups excluding carboxylic acids is 1. The molecule has 0 radical (unpaired) electrons. The first-order valence-corrected chi connectivity index (χ1v) is 5.45. The van der Waals surface area contributed by atoms with Crippen molar-refractivity contribution >= 4 is 24.3 Å². The monoisotopic (exact) mass is 263 g/mol. The molecule has 0 fully saturated rings. The number of rotatable bonds is 4. The Morgan fingerprint density at radius 1 is 1.44 bits per heavy atom. The van der Waals surface area contributed by atoms with Crippen LogP contribution in [0, 0.1) is 0 Å². The van der Waals surface area contributed by atoms with Crippen LogP contribution in [-0.2, 0) is 17.4 Å². The Balaban J connectivity index is 2.20. The molecule has 0 saturated carbocycles. The van der Waals surface area contributed by atoms with Crippen LogP contribution in [0.3, 0.4) is 0 Å². The number of aromatic nitrogens is 4. The molecule has 0 amide bonds. The molecule has 0 spiro atoms. The van der Waals surface area contributed by atoms with Gasteiger partial charge in [-0.2, -0.15) is 0 Å². The maximum Gasteiger partial charge on any atom is 0.0665 e. The smallest absolute Gasteiger partial charge is 0.0665 e. The summed E-state index contributed by atoms with van der Waals surface area (Å²) in [5, 5.41) is 21.6. The van der Waals surface area contributed by atoms with E-state index in [1.807, 2.05) is 0 Å². The molecule has 0 bridgehead atoms. The Labute approximate surface area is 108 Å². The summed E-state index contributed by atoms with van der Waals surface area (Å²) in [5.74, 6) is -1.13. The molecule has 0 unspecified atom stereocenters. The van der Waals surface area contributed by atoms with Gasteiger partial charge in [0, 0.05) is 17.9 Å². The van der Waals surface area contributed by atoms with Crippen molar-refractivity contribution in [3.8, 4) is 5.69 Å². The van der Waals surface area contributed by atoms with Crippen molar-refractivity contribution in [1.82, 2.24) is 20.2 Å². The second-order valence-corrected chi connectivity index (χ2v) is 3.98. The van der Waals surface area contributed by atoms with E-state index in [4.69, 9.17) is 12.6 Å². The normalized spacial score (nSPS) is 10.3. The largest absolute Gasteiger partial charge is 0.738 e. The van der Waals surface area contributed by atoms with Crippen molar-refractivity contribution in [3.63, 3.8) is 0 Å². The van der Waals surface area contributed by atoms with Gasteiger partial charge in [0.2, 0.25) is 0 Å². The lowest BCUT2D eigenvalue weighted by atomic mass is 10.2. The van der Waals surface area contributed by atoms with Gasteiger partial charge >= 0.3 is 0 Å². The number of hydrogen-bond donors (Lipinski definition) is 0. The highest BCUT2D eigenvalue weighted by molar-refractivity contribution is 7.58. The molecule has 94 valence electrons. The van der Waals surface area contributed by atoms with Crippen molar-refractivity contribution in [2.24, 2.45) is 0 Å². The van der Waals surface area contributed by atoms with E-state index in [0.29, 0.717) is 0 Å². The number of carboxylic acid groups (broad SMARTS) is 1. The first-order valence-electron chi connectivity index (χ1n) is 5.05. The molecular weight excluding hydrogens is 254 g/mol. The molecule has 0 aliphatic carbocycles. The first-order chi connectivity index (χ1) is 8.58. The molecular formula is C10H9N5O2S-2. The SMILES string of the molecule is CN(CC(=O)[O-])c1ccc(-n2nnnc2[S-])cc1. The predicted octanol–water partition coefficient (Wildman–Crippen LogP) is -1.25. The summed E-state index contributed by atoms with van der Waals surface area (Å²) >= 11 is 4.94. The Morgan fingerprint density at radius 2 is 2.11 bits per heavy atom. The van der Waals surface area contributed by atoms with Gasteiger partial charge in [-0.1, -0.05) is 0 Å².